The van der Waals surface area contributed by atoms with Gasteiger partial charge in [0.15, 0.2) is 0 Å². The molecule has 35 heavy (non-hydrogen) atoms. The van der Waals surface area contributed by atoms with E-state index in [0.717, 1.165) is 13.0 Å². The molecule has 0 bridgehead atoms. The van der Waals surface area contributed by atoms with Crippen LogP contribution in [0.2, 0.25) is 0 Å². The lowest BCUT2D eigenvalue weighted by atomic mass is 9.99. The lowest BCUT2D eigenvalue weighted by Gasteiger charge is -2.26. The Morgan fingerprint density at radius 3 is 2.57 bits per heavy atom. The van der Waals surface area contributed by atoms with Crippen LogP contribution in [-0.4, -0.2) is 47.7 Å². The molecule has 4 rings (SSSR count). The third-order valence-electron chi connectivity index (χ3n) is 6.70. The molecule has 1 N–H and O–H groups in total. The molecule has 1 aromatic heterocycles. The topological polar surface area (TPSA) is 83.2 Å². The van der Waals surface area contributed by atoms with Gasteiger partial charge in [-0.25, -0.2) is 9.37 Å². The number of halogens is 1. The SMILES string of the molecule is COc1ccc(-c2c(-c3ccc(C#N)c(F)c3)nc(NCC3CCCCCN3C)n(C)c2=O)cc1. The van der Waals surface area contributed by atoms with E-state index in [-0.39, 0.29) is 11.1 Å². The van der Waals surface area contributed by atoms with Crippen molar-refractivity contribution in [3.05, 3.63) is 64.2 Å². The first-order valence-electron chi connectivity index (χ1n) is 11.8. The van der Waals surface area contributed by atoms with E-state index in [9.17, 15) is 9.18 Å². The average Bonchev–Trinajstić information content (AvgIpc) is 3.08. The number of rotatable bonds is 6. The van der Waals surface area contributed by atoms with E-state index in [4.69, 9.17) is 15.0 Å². The molecule has 2 heterocycles. The number of aromatic nitrogens is 2. The zero-order valence-electron chi connectivity index (χ0n) is 20.3. The van der Waals surface area contributed by atoms with E-state index in [1.807, 2.05) is 6.07 Å². The summed E-state index contributed by atoms with van der Waals surface area (Å²) in [5.41, 5.74) is 1.49. The fourth-order valence-electron chi connectivity index (χ4n) is 4.53. The number of methoxy groups -OCH3 is 1. The van der Waals surface area contributed by atoms with E-state index in [0.29, 0.717) is 46.7 Å². The number of hydrogen-bond donors (Lipinski definition) is 1. The number of nitrogens with zero attached hydrogens (tertiary/aromatic N) is 4. The Morgan fingerprint density at radius 1 is 1.14 bits per heavy atom. The molecule has 182 valence electrons. The number of nitrogens with one attached hydrogen (secondary N) is 1. The number of ether oxygens (including phenoxy) is 1. The maximum atomic E-state index is 14.6. The molecule has 1 aliphatic heterocycles. The van der Waals surface area contributed by atoms with Crippen LogP contribution in [0.3, 0.4) is 0 Å². The van der Waals surface area contributed by atoms with Gasteiger partial charge in [-0.15, -0.1) is 0 Å². The van der Waals surface area contributed by atoms with Crippen molar-refractivity contribution in [2.45, 2.75) is 31.7 Å². The second-order valence-corrected chi connectivity index (χ2v) is 8.92. The van der Waals surface area contributed by atoms with Crippen molar-refractivity contribution >= 4 is 5.95 Å². The van der Waals surface area contributed by atoms with Gasteiger partial charge in [-0.3, -0.25) is 9.36 Å². The van der Waals surface area contributed by atoms with Crippen LogP contribution in [0.1, 0.15) is 31.2 Å². The molecular weight excluding hydrogens is 445 g/mol. The Kier molecular flexibility index (Phi) is 7.47. The second-order valence-electron chi connectivity index (χ2n) is 8.92. The van der Waals surface area contributed by atoms with E-state index >= 15 is 0 Å². The predicted molar refractivity (Wildman–Crippen MR) is 135 cm³/mol. The molecule has 0 saturated carbocycles. The van der Waals surface area contributed by atoms with Gasteiger partial charge in [0.05, 0.1) is 23.9 Å². The van der Waals surface area contributed by atoms with Gasteiger partial charge in [-0.2, -0.15) is 5.26 Å². The Labute approximate surface area is 204 Å². The molecule has 0 aliphatic carbocycles. The zero-order chi connectivity index (χ0) is 24.9. The third-order valence-corrected chi connectivity index (χ3v) is 6.70. The van der Waals surface area contributed by atoms with Crippen molar-refractivity contribution in [2.24, 2.45) is 7.05 Å². The highest BCUT2D eigenvalue weighted by Gasteiger charge is 2.21. The Balaban J connectivity index is 1.80. The molecule has 1 fully saturated rings. The van der Waals surface area contributed by atoms with Crippen LogP contribution in [0, 0.1) is 17.1 Å². The van der Waals surface area contributed by atoms with Crippen LogP contribution in [0.4, 0.5) is 10.3 Å². The highest BCUT2D eigenvalue weighted by molar-refractivity contribution is 5.81. The summed E-state index contributed by atoms with van der Waals surface area (Å²) in [6, 6.07) is 13.6. The molecule has 1 aliphatic rings. The normalized spacial score (nSPS) is 16.4. The summed E-state index contributed by atoms with van der Waals surface area (Å²) in [5, 5.41) is 12.5. The van der Waals surface area contributed by atoms with Gasteiger partial charge in [-0.1, -0.05) is 31.0 Å². The van der Waals surface area contributed by atoms with Crippen molar-refractivity contribution in [3.8, 4) is 34.2 Å². The van der Waals surface area contributed by atoms with Gasteiger partial charge in [0.1, 0.15) is 17.6 Å². The number of likely N-dealkylation sites (tertiary alicyclic amines) is 1. The smallest absolute Gasteiger partial charge is 0.263 e. The van der Waals surface area contributed by atoms with Crippen molar-refractivity contribution in [3.63, 3.8) is 0 Å². The number of benzene rings is 2. The zero-order valence-corrected chi connectivity index (χ0v) is 20.3. The summed E-state index contributed by atoms with van der Waals surface area (Å²) in [6.07, 6.45) is 4.67. The molecule has 3 aromatic rings. The minimum absolute atomic E-state index is 0.0571. The Bertz CT molecular complexity index is 1300. The minimum Gasteiger partial charge on any atom is -0.497 e. The van der Waals surface area contributed by atoms with Crippen LogP contribution in [0.25, 0.3) is 22.4 Å². The van der Waals surface area contributed by atoms with Gasteiger partial charge in [0.25, 0.3) is 5.56 Å². The Hall–Kier alpha value is -3.70. The molecule has 7 nitrogen and oxygen atoms in total. The largest absolute Gasteiger partial charge is 0.497 e. The van der Waals surface area contributed by atoms with Crippen molar-refractivity contribution in [1.29, 1.82) is 5.26 Å². The van der Waals surface area contributed by atoms with Crippen LogP contribution in [0.15, 0.2) is 47.3 Å². The number of nitriles is 1. The van der Waals surface area contributed by atoms with Crippen LogP contribution in [0.5, 0.6) is 5.75 Å². The van der Waals surface area contributed by atoms with Crippen LogP contribution >= 0.6 is 0 Å². The number of hydrogen-bond acceptors (Lipinski definition) is 6. The maximum absolute atomic E-state index is 14.6. The fraction of sp³-hybridized carbons (Fsp3) is 0.370. The highest BCUT2D eigenvalue weighted by atomic mass is 19.1. The van der Waals surface area contributed by atoms with Crippen molar-refractivity contribution < 1.29 is 9.13 Å². The molecule has 1 unspecified atom stereocenters. The summed E-state index contributed by atoms with van der Waals surface area (Å²) in [6.45, 7) is 1.70. The number of anilines is 1. The fourth-order valence-corrected chi connectivity index (χ4v) is 4.53. The second kappa shape index (κ2) is 10.7. The highest BCUT2D eigenvalue weighted by Crippen LogP contribution is 2.31. The summed E-state index contributed by atoms with van der Waals surface area (Å²) in [7, 11) is 5.39. The maximum Gasteiger partial charge on any atom is 0.263 e. The van der Waals surface area contributed by atoms with Crippen LogP contribution in [-0.2, 0) is 7.05 Å². The average molecular weight is 476 g/mol. The number of likely N-dealkylation sites (N-methyl/N-ethyl adjacent to an activating group) is 1. The van der Waals surface area contributed by atoms with E-state index in [2.05, 4.69) is 17.3 Å². The molecule has 2 aromatic carbocycles. The van der Waals surface area contributed by atoms with Gasteiger partial charge >= 0.3 is 0 Å². The molecule has 0 radical (unpaired) electrons. The van der Waals surface area contributed by atoms with Crippen LogP contribution < -0.4 is 15.6 Å². The molecule has 8 heteroatoms. The van der Waals surface area contributed by atoms with Gasteiger partial charge in [0, 0.05) is 25.2 Å². The van der Waals surface area contributed by atoms with Gasteiger partial charge in [-0.05, 0) is 56.3 Å². The molecule has 1 atom stereocenters. The van der Waals surface area contributed by atoms with E-state index < -0.39 is 5.82 Å². The first kappa shape index (κ1) is 24.4. The summed E-state index contributed by atoms with van der Waals surface area (Å²) < 4.78 is 21.3. The molecule has 0 amide bonds. The van der Waals surface area contributed by atoms with Gasteiger partial charge < -0.3 is 15.0 Å². The first-order chi connectivity index (χ1) is 16.9. The summed E-state index contributed by atoms with van der Waals surface area (Å²) in [5.74, 6) is 0.433. The minimum atomic E-state index is -0.650. The van der Waals surface area contributed by atoms with E-state index in [1.165, 1.54) is 36.0 Å². The molecular formula is C27H30FN5O2. The summed E-state index contributed by atoms with van der Waals surface area (Å²) >= 11 is 0. The molecule has 0 spiro atoms. The standard InChI is InChI=1S/C27H30FN5O2/c1-32-14-6-4-5-7-21(32)17-30-27-31-25(19-8-9-20(16-29)23(28)15-19)24(26(34)33(27)2)18-10-12-22(35-3)13-11-18/h8-13,15,21H,4-7,14,17H2,1-3H3,(H,30,31). The van der Waals surface area contributed by atoms with E-state index in [1.54, 1.807) is 44.5 Å². The first-order valence-corrected chi connectivity index (χ1v) is 11.8. The molecule has 1 saturated heterocycles. The van der Waals surface area contributed by atoms with Crippen molar-refractivity contribution in [2.75, 3.05) is 32.6 Å². The summed E-state index contributed by atoms with van der Waals surface area (Å²) in [4.78, 5) is 20.8. The Morgan fingerprint density at radius 2 is 1.89 bits per heavy atom. The quantitative estimate of drug-likeness (QED) is 0.568. The van der Waals surface area contributed by atoms with Gasteiger partial charge in [0.2, 0.25) is 5.95 Å². The monoisotopic (exact) mass is 475 g/mol. The lowest BCUT2D eigenvalue weighted by molar-refractivity contribution is 0.256. The lowest BCUT2D eigenvalue weighted by Crippen LogP contribution is -2.37. The predicted octanol–water partition coefficient (Wildman–Crippen LogP) is 4.42. The van der Waals surface area contributed by atoms with Crippen molar-refractivity contribution in [1.82, 2.24) is 14.5 Å². The third kappa shape index (κ3) is 5.20.